The van der Waals surface area contributed by atoms with Gasteiger partial charge in [-0.25, -0.2) is 4.68 Å². The van der Waals surface area contributed by atoms with Crippen LogP contribution in [-0.4, -0.2) is 73.3 Å². The van der Waals surface area contributed by atoms with E-state index in [1.807, 2.05) is 6.92 Å². The average Bonchev–Trinajstić information content (AvgIpc) is 3.38. The van der Waals surface area contributed by atoms with Gasteiger partial charge in [0.2, 0.25) is 11.8 Å². The van der Waals surface area contributed by atoms with Crippen molar-refractivity contribution in [3.8, 4) is 5.69 Å². The molecule has 1 aromatic heterocycles. The molecule has 1 atom stereocenters. The van der Waals surface area contributed by atoms with Crippen molar-refractivity contribution >= 4 is 36.6 Å². The van der Waals surface area contributed by atoms with Gasteiger partial charge in [0.15, 0.2) is 11.4 Å². The summed E-state index contributed by atoms with van der Waals surface area (Å²) in [5.41, 5.74) is -6.58. The highest BCUT2D eigenvalue weighted by atomic mass is 35.5. The second kappa shape index (κ2) is 14.9. The van der Waals surface area contributed by atoms with Crippen molar-refractivity contribution in [3.05, 3.63) is 47.3 Å². The van der Waals surface area contributed by atoms with Gasteiger partial charge in [-0.2, -0.15) is 31.4 Å². The molecular formula is C31H41Cl2F6N5O3. The smallest absolute Gasteiger partial charge is 0.390 e. The number of halogens is 8. The number of unbranched alkanes of at least 4 members (excludes halogenated alkanes) is 1. The van der Waals surface area contributed by atoms with Crippen molar-refractivity contribution in [1.82, 2.24) is 24.9 Å². The van der Waals surface area contributed by atoms with Gasteiger partial charge < -0.3 is 15.3 Å². The number of nitrogens with one attached hydrogen (secondary N) is 1. The number of carbonyl (C=O) groups excluding carboxylic acids is 2. The molecule has 1 spiro atoms. The molecule has 8 nitrogen and oxygen atoms in total. The van der Waals surface area contributed by atoms with E-state index in [1.165, 1.54) is 35.2 Å². The number of alkyl halides is 6. The van der Waals surface area contributed by atoms with Crippen LogP contribution in [-0.2, 0) is 28.5 Å². The number of hydrogen-bond donors (Lipinski definition) is 2. The Bertz CT molecular complexity index is 1370. The summed E-state index contributed by atoms with van der Waals surface area (Å²) >= 11 is 0. The number of nitrogens with zero attached hydrogens (tertiary/aromatic N) is 4. The number of carbonyl (C=O) groups is 2. The van der Waals surface area contributed by atoms with E-state index in [2.05, 4.69) is 10.4 Å². The van der Waals surface area contributed by atoms with Crippen LogP contribution < -0.4 is 5.32 Å². The van der Waals surface area contributed by atoms with E-state index < -0.39 is 58.9 Å². The molecule has 1 aromatic carbocycles. The van der Waals surface area contributed by atoms with E-state index >= 15 is 0 Å². The van der Waals surface area contributed by atoms with E-state index in [-0.39, 0.29) is 75.3 Å². The summed E-state index contributed by atoms with van der Waals surface area (Å²) in [4.78, 5) is 30.5. The quantitative estimate of drug-likeness (QED) is 0.313. The molecule has 2 aromatic rings. The second-order valence-corrected chi connectivity index (χ2v) is 12.6. The maximum Gasteiger partial charge on any atom is 0.435 e. The Labute approximate surface area is 282 Å². The Kier molecular flexibility index (Phi) is 12.3. The molecule has 2 N–H and O–H groups in total. The number of amides is 2. The monoisotopic (exact) mass is 715 g/mol. The predicted octanol–water partition coefficient (Wildman–Crippen LogP) is 6.30. The number of aliphatic hydroxyl groups is 1. The minimum atomic E-state index is -5.14. The van der Waals surface area contributed by atoms with Gasteiger partial charge in [0.1, 0.15) is 11.6 Å². The molecule has 1 aliphatic carbocycles. The zero-order valence-corrected chi connectivity index (χ0v) is 27.6. The summed E-state index contributed by atoms with van der Waals surface area (Å²) in [6, 6.07) is 5.96. The number of piperidine rings is 1. The van der Waals surface area contributed by atoms with Crippen LogP contribution in [0.3, 0.4) is 0 Å². The number of para-hydroxylation sites is 1. The Morgan fingerprint density at radius 1 is 0.936 bits per heavy atom. The lowest BCUT2D eigenvalue weighted by Gasteiger charge is -2.52. The summed E-state index contributed by atoms with van der Waals surface area (Å²) in [5.74, 6) is -0.704. The van der Waals surface area contributed by atoms with Gasteiger partial charge in [-0.3, -0.25) is 14.5 Å². The summed E-state index contributed by atoms with van der Waals surface area (Å²) in [6.07, 6.45) is -4.97. The molecule has 0 radical (unpaired) electrons. The first-order valence-corrected chi connectivity index (χ1v) is 15.6. The van der Waals surface area contributed by atoms with Crippen LogP contribution in [0.2, 0.25) is 0 Å². The van der Waals surface area contributed by atoms with Gasteiger partial charge in [-0.15, -0.1) is 24.8 Å². The molecule has 2 amide bonds. The van der Waals surface area contributed by atoms with Crippen molar-refractivity contribution in [3.63, 3.8) is 0 Å². The Hall–Kier alpha value is -2.55. The lowest BCUT2D eigenvalue weighted by Crippen LogP contribution is -2.73. The fourth-order valence-electron chi connectivity index (χ4n) is 7.13. The maximum absolute atomic E-state index is 14.4. The fraction of sp³-hybridized carbons (Fsp3) is 0.645. The Morgan fingerprint density at radius 3 is 2.11 bits per heavy atom. The topological polar surface area (TPSA) is 90.7 Å². The van der Waals surface area contributed by atoms with Crippen LogP contribution in [0.1, 0.15) is 88.1 Å². The van der Waals surface area contributed by atoms with Crippen LogP contribution in [0.15, 0.2) is 30.3 Å². The summed E-state index contributed by atoms with van der Waals surface area (Å²) in [6.45, 7) is 1.52. The first-order chi connectivity index (χ1) is 21.2. The van der Waals surface area contributed by atoms with E-state index in [9.17, 15) is 41.0 Å². The lowest BCUT2D eigenvalue weighted by atomic mass is 9.77. The number of hydrogen-bond acceptors (Lipinski definition) is 5. The Balaban J connectivity index is 0.00000300. The van der Waals surface area contributed by atoms with Gasteiger partial charge in [0.25, 0.3) is 0 Å². The standard InChI is InChI=1S/C31H39F6N5O3.2ClH/c1-2-3-16-41-26(43)23(19-28(45)12-8-5-9-13-28)38-27(44)29(41)14-17-40(18-15-29)20-22-24(30(32,33)34)39-42(25(22)31(35,36)37)21-10-6-4-7-11-21;;/h4,6-7,10-11,23,45H,2-3,5,8-9,12-20H2,1H3,(H,38,44);2*1H/t23-;;/m1../s1. The molecule has 47 heavy (non-hydrogen) atoms. The largest absolute Gasteiger partial charge is 0.435 e. The van der Waals surface area contributed by atoms with Crippen molar-refractivity contribution in [2.24, 2.45) is 0 Å². The molecule has 16 heteroatoms. The zero-order chi connectivity index (χ0) is 32.6. The zero-order valence-electron chi connectivity index (χ0n) is 26.0. The molecule has 264 valence electrons. The van der Waals surface area contributed by atoms with E-state index in [0.717, 1.165) is 25.7 Å². The van der Waals surface area contributed by atoms with Crippen LogP contribution >= 0.6 is 24.8 Å². The summed E-state index contributed by atoms with van der Waals surface area (Å²) in [7, 11) is 0. The van der Waals surface area contributed by atoms with Gasteiger partial charge >= 0.3 is 12.4 Å². The molecule has 3 aliphatic rings. The number of benzene rings is 1. The number of aromatic nitrogens is 2. The van der Waals surface area contributed by atoms with Gasteiger partial charge in [-0.1, -0.05) is 50.8 Å². The second-order valence-electron chi connectivity index (χ2n) is 12.6. The van der Waals surface area contributed by atoms with Crippen molar-refractivity contribution in [2.75, 3.05) is 19.6 Å². The van der Waals surface area contributed by atoms with Gasteiger partial charge in [0, 0.05) is 38.2 Å². The van der Waals surface area contributed by atoms with E-state index in [0.29, 0.717) is 23.9 Å². The maximum atomic E-state index is 14.4. The lowest BCUT2D eigenvalue weighted by molar-refractivity contribution is -0.163. The minimum absolute atomic E-state index is 0. The Morgan fingerprint density at radius 2 is 1.55 bits per heavy atom. The molecule has 0 bridgehead atoms. The van der Waals surface area contributed by atoms with Crippen LogP contribution in [0, 0.1) is 0 Å². The first kappa shape index (κ1) is 38.9. The highest BCUT2D eigenvalue weighted by Crippen LogP contribution is 2.43. The van der Waals surface area contributed by atoms with E-state index in [4.69, 9.17) is 0 Å². The minimum Gasteiger partial charge on any atom is -0.390 e. The predicted molar refractivity (Wildman–Crippen MR) is 167 cm³/mol. The fourth-order valence-corrected chi connectivity index (χ4v) is 7.13. The highest BCUT2D eigenvalue weighted by Gasteiger charge is 2.55. The van der Waals surface area contributed by atoms with E-state index in [1.54, 1.807) is 4.90 Å². The highest BCUT2D eigenvalue weighted by molar-refractivity contribution is 6.00. The van der Waals surface area contributed by atoms with Crippen molar-refractivity contribution in [2.45, 2.75) is 107 Å². The normalized spacial score (nSPS) is 21.6. The molecule has 3 heterocycles. The number of rotatable bonds is 8. The number of likely N-dealkylation sites (tertiary alicyclic amines) is 1. The van der Waals surface area contributed by atoms with Crippen molar-refractivity contribution < 1.29 is 41.0 Å². The van der Waals surface area contributed by atoms with Gasteiger partial charge in [0.05, 0.1) is 11.3 Å². The summed E-state index contributed by atoms with van der Waals surface area (Å²) in [5, 5.41) is 17.3. The molecule has 5 rings (SSSR count). The third kappa shape index (κ3) is 8.02. The van der Waals surface area contributed by atoms with Crippen LogP contribution in [0.25, 0.3) is 5.69 Å². The number of piperazine rings is 1. The molecule has 3 fully saturated rings. The first-order valence-electron chi connectivity index (χ1n) is 15.6. The van der Waals surface area contributed by atoms with Crippen LogP contribution in [0.5, 0.6) is 0 Å². The van der Waals surface area contributed by atoms with Gasteiger partial charge in [-0.05, 0) is 44.2 Å². The van der Waals surface area contributed by atoms with Crippen LogP contribution in [0.4, 0.5) is 26.3 Å². The summed E-state index contributed by atoms with van der Waals surface area (Å²) < 4.78 is 85.7. The molecular weight excluding hydrogens is 675 g/mol. The molecule has 2 aliphatic heterocycles. The molecule has 2 saturated heterocycles. The van der Waals surface area contributed by atoms with Crippen molar-refractivity contribution in [1.29, 1.82) is 0 Å². The third-order valence-corrected chi connectivity index (χ3v) is 9.50. The molecule has 1 saturated carbocycles. The average molecular weight is 717 g/mol. The SMILES string of the molecule is CCCCN1C(=O)[C@@H](CC2(O)CCCCC2)NC(=O)C12CCN(Cc1c(C(F)(F)F)nn(-c3ccccc3)c1C(F)(F)F)CC2.Cl.Cl. The third-order valence-electron chi connectivity index (χ3n) is 9.50. The molecule has 0 unspecified atom stereocenters.